The highest BCUT2D eigenvalue weighted by Gasteiger charge is 2.20. The molecule has 134 valence electrons. The van der Waals surface area contributed by atoms with Crippen molar-refractivity contribution in [3.05, 3.63) is 81.3 Å². The minimum absolute atomic E-state index is 0.0487. The van der Waals surface area contributed by atoms with Gasteiger partial charge in [0.05, 0.1) is 16.9 Å². The van der Waals surface area contributed by atoms with Gasteiger partial charge in [-0.25, -0.2) is 9.07 Å². The van der Waals surface area contributed by atoms with E-state index < -0.39 is 5.82 Å². The highest BCUT2D eigenvalue weighted by atomic mass is 79.9. The maximum absolute atomic E-state index is 14.0. The van der Waals surface area contributed by atoms with Gasteiger partial charge in [0.25, 0.3) is 5.91 Å². The second kappa shape index (κ2) is 7.41. The van der Waals surface area contributed by atoms with E-state index in [1.165, 1.54) is 17.0 Å². The fraction of sp³-hybridized carbons (Fsp3) is 0.200. The lowest BCUT2D eigenvalue weighted by atomic mass is 10.1. The van der Waals surface area contributed by atoms with Gasteiger partial charge < -0.3 is 4.90 Å². The second-order valence-electron chi connectivity index (χ2n) is 6.18. The fourth-order valence-corrected chi connectivity index (χ4v) is 3.26. The number of carbonyl (C=O) groups is 1. The minimum Gasteiger partial charge on any atom is -0.337 e. The van der Waals surface area contributed by atoms with E-state index in [1.54, 1.807) is 13.1 Å². The number of para-hydroxylation sites is 1. The number of hydrogen-bond donors (Lipinski definition) is 0. The molecule has 1 amide bonds. The van der Waals surface area contributed by atoms with Crippen LogP contribution < -0.4 is 0 Å². The van der Waals surface area contributed by atoms with Gasteiger partial charge in [0.2, 0.25) is 0 Å². The first-order valence-corrected chi connectivity index (χ1v) is 8.99. The Kier molecular flexibility index (Phi) is 5.23. The molecule has 4 nitrogen and oxygen atoms in total. The van der Waals surface area contributed by atoms with Gasteiger partial charge in [-0.05, 0) is 44.2 Å². The van der Waals surface area contributed by atoms with Crippen LogP contribution in [0.3, 0.4) is 0 Å². The average Bonchev–Trinajstić information content (AvgIpc) is 2.92. The van der Waals surface area contributed by atoms with Crippen molar-refractivity contribution in [2.45, 2.75) is 20.4 Å². The molecule has 0 bridgehead atoms. The predicted molar refractivity (Wildman–Crippen MR) is 103 cm³/mol. The molecule has 26 heavy (non-hydrogen) atoms. The molecule has 1 aromatic heterocycles. The lowest BCUT2D eigenvalue weighted by molar-refractivity contribution is 0.0780. The number of benzene rings is 2. The summed E-state index contributed by atoms with van der Waals surface area (Å²) in [4.78, 5) is 14.2. The summed E-state index contributed by atoms with van der Waals surface area (Å²) in [7, 11) is 1.67. The monoisotopic (exact) mass is 415 g/mol. The van der Waals surface area contributed by atoms with E-state index in [2.05, 4.69) is 21.0 Å². The summed E-state index contributed by atoms with van der Waals surface area (Å²) in [5.74, 6) is -0.895. The number of aromatic nitrogens is 2. The third kappa shape index (κ3) is 3.55. The van der Waals surface area contributed by atoms with E-state index in [0.717, 1.165) is 22.6 Å². The van der Waals surface area contributed by atoms with Gasteiger partial charge in [-0.2, -0.15) is 5.10 Å². The molecule has 3 rings (SSSR count). The average molecular weight is 416 g/mol. The normalized spacial score (nSPS) is 10.8. The van der Waals surface area contributed by atoms with Gasteiger partial charge in [-0.3, -0.25) is 4.79 Å². The maximum atomic E-state index is 14.0. The van der Waals surface area contributed by atoms with Crippen LogP contribution in [0.1, 0.15) is 27.3 Å². The number of halogens is 2. The number of carbonyl (C=O) groups excluding carboxylic acids is 1. The summed E-state index contributed by atoms with van der Waals surface area (Å²) in [5, 5.41) is 4.59. The van der Waals surface area contributed by atoms with E-state index in [0.29, 0.717) is 11.0 Å². The summed E-state index contributed by atoms with van der Waals surface area (Å²) in [6, 6.07) is 14.2. The largest absolute Gasteiger partial charge is 0.337 e. The topological polar surface area (TPSA) is 38.1 Å². The lowest BCUT2D eigenvalue weighted by Crippen LogP contribution is -2.27. The molecule has 0 saturated carbocycles. The zero-order valence-electron chi connectivity index (χ0n) is 14.8. The molecule has 0 radical (unpaired) electrons. The van der Waals surface area contributed by atoms with Crippen molar-refractivity contribution >= 4 is 21.8 Å². The van der Waals surface area contributed by atoms with E-state index in [1.807, 2.05) is 48.9 Å². The quantitative estimate of drug-likeness (QED) is 0.621. The van der Waals surface area contributed by atoms with Crippen LogP contribution in [-0.4, -0.2) is 27.6 Å². The highest BCUT2D eigenvalue weighted by Crippen LogP contribution is 2.21. The van der Waals surface area contributed by atoms with Crippen molar-refractivity contribution in [3.63, 3.8) is 0 Å². The molecule has 0 saturated heterocycles. The van der Waals surface area contributed by atoms with Crippen LogP contribution in [0.15, 0.2) is 53.0 Å². The van der Waals surface area contributed by atoms with Gasteiger partial charge >= 0.3 is 0 Å². The molecule has 1 heterocycles. The summed E-state index contributed by atoms with van der Waals surface area (Å²) in [6.07, 6.45) is 0. The molecule has 3 aromatic rings. The molecule has 0 N–H and O–H groups in total. The predicted octanol–water partition coefficient (Wildman–Crippen LogP) is 4.66. The third-order valence-electron chi connectivity index (χ3n) is 4.34. The molecular weight excluding hydrogens is 397 g/mol. The molecular formula is C20H19BrFN3O. The molecule has 2 aromatic carbocycles. The number of hydrogen-bond acceptors (Lipinski definition) is 2. The van der Waals surface area contributed by atoms with Crippen LogP contribution in [0.5, 0.6) is 0 Å². The highest BCUT2D eigenvalue weighted by molar-refractivity contribution is 9.10. The molecule has 0 aliphatic heterocycles. The van der Waals surface area contributed by atoms with Crippen LogP contribution in [0, 0.1) is 19.7 Å². The van der Waals surface area contributed by atoms with Gasteiger partial charge in [-0.15, -0.1) is 0 Å². The Hall–Kier alpha value is -2.47. The number of nitrogens with zero attached hydrogens (tertiary/aromatic N) is 3. The molecule has 0 atom stereocenters. The summed E-state index contributed by atoms with van der Waals surface area (Å²) < 4.78 is 16.5. The smallest absolute Gasteiger partial charge is 0.256 e. The van der Waals surface area contributed by atoms with Crippen LogP contribution in [0.25, 0.3) is 5.69 Å². The Labute approximate surface area is 160 Å². The molecule has 0 unspecified atom stereocenters. The number of aryl methyl sites for hydroxylation is 1. The van der Waals surface area contributed by atoms with E-state index >= 15 is 0 Å². The first-order chi connectivity index (χ1) is 12.4. The van der Waals surface area contributed by atoms with Crippen molar-refractivity contribution in [2.75, 3.05) is 7.05 Å². The second-order valence-corrected chi connectivity index (χ2v) is 7.10. The molecule has 0 aliphatic carbocycles. The number of rotatable bonds is 4. The van der Waals surface area contributed by atoms with Gasteiger partial charge in [0.15, 0.2) is 0 Å². The van der Waals surface area contributed by atoms with E-state index in [9.17, 15) is 9.18 Å². The maximum Gasteiger partial charge on any atom is 0.256 e. The summed E-state index contributed by atoms with van der Waals surface area (Å²) in [5.41, 5.74) is 3.78. The lowest BCUT2D eigenvalue weighted by Gasteiger charge is -2.18. The molecule has 0 spiro atoms. The van der Waals surface area contributed by atoms with Gasteiger partial charge in [-0.1, -0.05) is 34.1 Å². The first kappa shape index (κ1) is 18.3. The van der Waals surface area contributed by atoms with Crippen molar-refractivity contribution < 1.29 is 9.18 Å². The van der Waals surface area contributed by atoms with Crippen molar-refractivity contribution in [1.82, 2.24) is 14.7 Å². The molecule has 0 fully saturated rings. The third-order valence-corrected chi connectivity index (χ3v) is 4.84. The summed E-state index contributed by atoms with van der Waals surface area (Å²) >= 11 is 3.28. The Morgan fingerprint density at radius 1 is 1.19 bits per heavy atom. The van der Waals surface area contributed by atoms with Gasteiger partial charge in [0, 0.05) is 29.3 Å². The molecule has 6 heteroatoms. The van der Waals surface area contributed by atoms with Crippen molar-refractivity contribution in [1.29, 1.82) is 0 Å². The van der Waals surface area contributed by atoms with Crippen molar-refractivity contribution in [2.24, 2.45) is 0 Å². The number of amides is 1. The summed E-state index contributed by atoms with van der Waals surface area (Å²) in [6.45, 7) is 4.25. The standard InChI is InChI=1S/C20H19BrFN3O/c1-13-18(14(2)25(23-13)16-7-5-4-6-8-16)12-24(3)20(26)17-11-15(21)9-10-19(17)22/h4-11H,12H2,1-3H3. The zero-order valence-corrected chi connectivity index (χ0v) is 16.4. The van der Waals surface area contributed by atoms with Gasteiger partial charge in [0.1, 0.15) is 5.82 Å². The SMILES string of the molecule is Cc1nn(-c2ccccc2)c(C)c1CN(C)C(=O)c1cc(Br)ccc1F. The first-order valence-electron chi connectivity index (χ1n) is 8.19. The Balaban J connectivity index is 1.88. The Morgan fingerprint density at radius 3 is 2.58 bits per heavy atom. The molecule has 0 aliphatic rings. The van der Waals surface area contributed by atoms with E-state index in [4.69, 9.17) is 0 Å². The minimum atomic E-state index is -0.529. The van der Waals surface area contributed by atoms with Crippen LogP contribution in [-0.2, 0) is 6.54 Å². The zero-order chi connectivity index (χ0) is 18.8. The van der Waals surface area contributed by atoms with Crippen LogP contribution in [0.4, 0.5) is 4.39 Å². The van der Waals surface area contributed by atoms with E-state index in [-0.39, 0.29) is 11.5 Å². The fourth-order valence-electron chi connectivity index (χ4n) is 2.90. The van der Waals surface area contributed by atoms with Crippen LogP contribution in [0.2, 0.25) is 0 Å². The van der Waals surface area contributed by atoms with Crippen molar-refractivity contribution in [3.8, 4) is 5.69 Å². The Bertz CT molecular complexity index is 953. The Morgan fingerprint density at radius 2 is 1.88 bits per heavy atom. The van der Waals surface area contributed by atoms with Crippen LogP contribution >= 0.6 is 15.9 Å².